The minimum atomic E-state index is 0. The number of hydrogen-bond donors (Lipinski definition) is 1. The van der Waals surface area contributed by atoms with Crippen molar-refractivity contribution in [3.8, 4) is 0 Å². The molecule has 1 N–H and O–H groups in total. The first-order chi connectivity index (χ1) is 7.36. The Morgan fingerprint density at radius 1 is 1.38 bits per heavy atom. The number of nitrogens with zero attached hydrogens (tertiary/aromatic N) is 1. The number of thioether (sulfide) groups is 1. The Hall–Kier alpha value is 0.0700. The van der Waals surface area contributed by atoms with Gasteiger partial charge in [0.2, 0.25) is 5.91 Å². The van der Waals surface area contributed by atoms with Crippen LogP contribution in [0.4, 0.5) is 0 Å². The molecule has 2 fully saturated rings. The van der Waals surface area contributed by atoms with Gasteiger partial charge in [-0.1, -0.05) is 0 Å². The van der Waals surface area contributed by atoms with Crippen LogP contribution < -0.4 is 5.32 Å². The number of amides is 1. The molecule has 0 bridgehead atoms. The molecular weight excluding hydrogens is 244 g/mol. The third-order valence-electron chi connectivity index (χ3n) is 3.23. The Balaban J connectivity index is 0.00000128. The maximum Gasteiger partial charge on any atom is 0.222 e. The van der Waals surface area contributed by atoms with Crippen molar-refractivity contribution in [1.82, 2.24) is 10.2 Å². The lowest BCUT2D eigenvalue weighted by atomic mass is 10.1. The van der Waals surface area contributed by atoms with Crippen molar-refractivity contribution < 1.29 is 4.79 Å². The SMILES string of the molecule is Cl.O=C(CCC1CCCN1)N1CCSCC1. The smallest absolute Gasteiger partial charge is 0.222 e. The van der Waals surface area contributed by atoms with Crippen molar-refractivity contribution in [3.63, 3.8) is 0 Å². The van der Waals surface area contributed by atoms with Crippen molar-refractivity contribution >= 4 is 30.1 Å². The molecule has 3 nitrogen and oxygen atoms in total. The molecule has 2 heterocycles. The van der Waals surface area contributed by atoms with E-state index in [1.807, 2.05) is 16.7 Å². The fraction of sp³-hybridized carbons (Fsp3) is 0.909. The molecule has 2 rings (SSSR count). The molecule has 1 unspecified atom stereocenters. The zero-order valence-corrected chi connectivity index (χ0v) is 11.2. The molecule has 16 heavy (non-hydrogen) atoms. The summed E-state index contributed by atoms with van der Waals surface area (Å²) < 4.78 is 0. The van der Waals surface area contributed by atoms with Gasteiger partial charge in [0.1, 0.15) is 0 Å². The molecule has 0 aromatic heterocycles. The van der Waals surface area contributed by atoms with Crippen molar-refractivity contribution in [3.05, 3.63) is 0 Å². The maximum atomic E-state index is 11.8. The van der Waals surface area contributed by atoms with Crippen LogP contribution in [-0.2, 0) is 4.79 Å². The van der Waals surface area contributed by atoms with E-state index in [1.165, 1.54) is 12.8 Å². The van der Waals surface area contributed by atoms with Gasteiger partial charge >= 0.3 is 0 Å². The van der Waals surface area contributed by atoms with Crippen LogP contribution >= 0.6 is 24.2 Å². The van der Waals surface area contributed by atoms with E-state index in [0.29, 0.717) is 11.9 Å². The highest BCUT2D eigenvalue weighted by molar-refractivity contribution is 7.99. The summed E-state index contributed by atoms with van der Waals surface area (Å²) in [6, 6.07) is 0.605. The van der Waals surface area contributed by atoms with E-state index in [2.05, 4.69) is 5.32 Å². The highest BCUT2D eigenvalue weighted by Crippen LogP contribution is 2.14. The highest BCUT2D eigenvalue weighted by atomic mass is 35.5. The summed E-state index contributed by atoms with van der Waals surface area (Å²) in [6.07, 6.45) is 4.30. The summed E-state index contributed by atoms with van der Waals surface area (Å²) in [4.78, 5) is 13.9. The fourth-order valence-electron chi connectivity index (χ4n) is 2.27. The third-order valence-corrected chi connectivity index (χ3v) is 4.18. The van der Waals surface area contributed by atoms with E-state index in [9.17, 15) is 4.79 Å². The third kappa shape index (κ3) is 4.15. The number of carbonyl (C=O) groups is 1. The summed E-state index contributed by atoms with van der Waals surface area (Å²) in [6.45, 7) is 3.06. The first-order valence-electron chi connectivity index (χ1n) is 5.95. The normalized spacial score (nSPS) is 25.2. The molecule has 0 aromatic carbocycles. The van der Waals surface area contributed by atoms with Gasteiger partial charge in [0.15, 0.2) is 0 Å². The summed E-state index contributed by atoms with van der Waals surface area (Å²) >= 11 is 1.95. The summed E-state index contributed by atoms with van der Waals surface area (Å²) in [7, 11) is 0. The lowest BCUT2D eigenvalue weighted by Gasteiger charge is -2.26. The molecule has 2 aliphatic rings. The quantitative estimate of drug-likeness (QED) is 0.839. The molecule has 1 atom stereocenters. The van der Waals surface area contributed by atoms with Crippen LogP contribution in [0.5, 0.6) is 0 Å². The fourth-order valence-corrected chi connectivity index (χ4v) is 3.17. The average molecular weight is 265 g/mol. The van der Waals surface area contributed by atoms with E-state index >= 15 is 0 Å². The Kier molecular flexibility index (Phi) is 6.54. The Morgan fingerprint density at radius 3 is 2.75 bits per heavy atom. The van der Waals surface area contributed by atoms with E-state index in [-0.39, 0.29) is 12.4 Å². The van der Waals surface area contributed by atoms with Crippen molar-refractivity contribution in [2.75, 3.05) is 31.1 Å². The average Bonchev–Trinajstić information content (AvgIpc) is 2.80. The van der Waals surface area contributed by atoms with Crippen LogP contribution in [0.1, 0.15) is 25.7 Å². The standard InChI is InChI=1S/C11H20N2OS.ClH/c14-11(13-6-8-15-9-7-13)4-3-10-2-1-5-12-10;/h10,12H,1-9H2;1H. The molecule has 0 saturated carbocycles. The molecule has 2 saturated heterocycles. The molecule has 2 aliphatic heterocycles. The largest absolute Gasteiger partial charge is 0.341 e. The van der Waals surface area contributed by atoms with Crippen LogP contribution in [0.2, 0.25) is 0 Å². The number of rotatable bonds is 3. The number of hydrogen-bond acceptors (Lipinski definition) is 3. The molecule has 0 radical (unpaired) electrons. The van der Waals surface area contributed by atoms with Gasteiger partial charge in [-0.05, 0) is 25.8 Å². The predicted molar refractivity (Wildman–Crippen MR) is 71.4 cm³/mol. The van der Waals surface area contributed by atoms with Crippen LogP contribution in [0.3, 0.4) is 0 Å². The van der Waals surface area contributed by atoms with Gasteiger partial charge in [0, 0.05) is 37.1 Å². The lowest BCUT2D eigenvalue weighted by Crippen LogP contribution is -2.38. The minimum absolute atomic E-state index is 0. The monoisotopic (exact) mass is 264 g/mol. The molecule has 0 spiro atoms. The van der Waals surface area contributed by atoms with Gasteiger partial charge in [0.05, 0.1) is 0 Å². The number of halogens is 1. The van der Waals surface area contributed by atoms with Gasteiger partial charge in [-0.3, -0.25) is 4.79 Å². The van der Waals surface area contributed by atoms with Crippen LogP contribution in [0.15, 0.2) is 0 Å². The van der Waals surface area contributed by atoms with Gasteiger partial charge in [-0.2, -0.15) is 11.8 Å². The summed E-state index contributed by atoms with van der Waals surface area (Å²) in [5.41, 5.74) is 0. The van der Waals surface area contributed by atoms with Gasteiger partial charge in [-0.25, -0.2) is 0 Å². The number of carbonyl (C=O) groups excluding carboxylic acids is 1. The molecule has 0 aromatic rings. The Labute approximate surface area is 108 Å². The van der Waals surface area contributed by atoms with Crippen LogP contribution in [0, 0.1) is 0 Å². The van der Waals surface area contributed by atoms with E-state index in [4.69, 9.17) is 0 Å². The predicted octanol–water partition coefficient (Wildman–Crippen LogP) is 1.52. The van der Waals surface area contributed by atoms with E-state index in [0.717, 1.165) is 44.0 Å². The Morgan fingerprint density at radius 2 is 2.12 bits per heavy atom. The second kappa shape index (κ2) is 7.41. The van der Waals surface area contributed by atoms with Crippen molar-refractivity contribution in [2.24, 2.45) is 0 Å². The molecule has 1 amide bonds. The van der Waals surface area contributed by atoms with Crippen LogP contribution in [0.25, 0.3) is 0 Å². The van der Waals surface area contributed by atoms with E-state index in [1.54, 1.807) is 0 Å². The molecule has 0 aliphatic carbocycles. The topological polar surface area (TPSA) is 32.3 Å². The van der Waals surface area contributed by atoms with Crippen molar-refractivity contribution in [2.45, 2.75) is 31.7 Å². The number of nitrogens with one attached hydrogen (secondary N) is 1. The highest BCUT2D eigenvalue weighted by Gasteiger charge is 2.19. The zero-order valence-electron chi connectivity index (χ0n) is 9.61. The zero-order chi connectivity index (χ0) is 10.5. The molecule has 5 heteroatoms. The second-order valence-corrected chi connectivity index (χ2v) is 5.55. The first kappa shape index (κ1) is 14.1. The van der Waals surface area contributed by atoms with Gasteiger partial charge in [-0.15, -0.1) is 12.4 Å². The summed E-state index contributed by atoms with van der Waals surface area (Å²) in [5.74, 6) is 2.60. The second-order valence-electron chi connectivity index (χ2n) is 4.33. The summed E-state index contributed by atoms with van der Waals surface area (Å²) in [5, 5.41) is 3.44. The van der Waals surface area contributed by atoms with Gasteiger partial charge in [0.25, 0.3) is 0 Å². The van der Waals surface area contributed by atoms with Crippen LogP contribution in [-0.4, -0.2) is 48.0 Å². The Bertz CT molecular complexity index is 216. The first-order valence-corrected chi connectivity index (χ1v) is 7.10. The van der Waals surface area contributed by atoms with E-state index < -0.39 is 0 Å². The molecule has 94 valence electrons. The van der Waals surface area contributed by atoms with Gasteiger partial charge < -0.3 is 10.2 Å². The minimum Gasteiger partial charge on any atom is -0.341 e. The van der Waals surface area contributed by atoms with Crippen molar-refractivity contribution in [1.29, 1.82) is 0 Å². The molecular formula is C11H21ClN2OS. The lowest BCUT2D eigenvalue weighted by molar-refractivity contribution is -0.131. The maximum absolute atomic E-state index is 11.8.